The Hall–Kier alpha value is -1.26. The molecule has 0 atom stereocenters. The second-order valence-corrected chi connectivity index (χ2v) is 3.85. The fraction of sp³-hybridized carbons (Fsp3) is 0.111. The quantitative estimate of drug-likeness (QED) is 0.819. The Labute approximate surface area is 96.5 Å². The summed E-state index contributed by atoms with van der Waals surface area (Å²) >= 11 is 11.8. The molecule has 6 heteroatoms. The Morgan fingerprint density at radius 2 is 2.20 bits per heavy atom. The van der Waals surface area contributed by atoms with E-state index in [1.54, 1.807) is 23.1 Å². The molecule has 1 aromatic carbocycles. The van der Waals surface area contributed by atoms with Crippen LogP contribution in [0.3, 0.4) is 0 Å². The lowest BCUT2D eigenvalue weighted by atomic mass is 10.3. The maximum atomic E-state index is 11.1. The van der Waals surface area contributed by atoms with Crippen LogP contribution in [0, 0.1) is 0 Å². The van der Waals surface area contributed by atoms with Crippen LogP contribution < -0.4 is 10.3 Å². The van der Waals surface area contributed by atoms with Gasteiger partial charge in [-0.15, -0.1) is 0 Å². The van der Waals surface area contributed by atoms with Crippen LogP contribution in [0.5, 0.6) is 0 Å². The molecule has 1 aliphatic rings. The SMILES string of the molecule is O=C1CN(c2ccc(Cl)cc2Cl)C=NN1. The van der Waals surface area contributed by atoms with Crippen molar-refractivity contribution in [1.29, 1.82) is 0 Å². The van der Waals surface area contributed by atoms with Gasteiger partial charge in [-0.25, -0.2) is 5.43 Å². The van der Waals surface area contributed by atoms with Gasteiger partial charge in [0.15, 0.2) is 0 Å². The summed E-state index contributed by atoms with van der Waals surface area (Å²) in [6.07, 6.45) is 1.51. The van der Waals surface area contributed by atoms with Crippen molar-refractivity contribution in [3.63, 3.8) is 0 Å². The normalized spacial score (nSPS) is 15.3. The van der Waals surface area contributed by atoms with Gasteiger partial charge in [0, 0.05) is 5.02 Å². The lowest BCUT2D eigenvalue weighted by molar-refractivity contribution is -0.119. The Kier molecular flexibility index (Phi) is 2.79. The summed E-state index contributed by atoms with van der Waals surface area (Å²) < 4.78 is 0. The highest BCUT2D eigenvalue weighted by molar-refractivity contribution is 6.36. The third-order valence-corrected chi connectivity index (χ3v) is 2.46. The molecule has 0 spiro atoms. The van der Waals surface area contributed by atoms with Crippen molar-refractivity contribution in [2.45, 2.75) is 0 Å². The molecule has 0 fully saturated rings. The predicted octanol–water partition coefficient (Wildman–Crippen LogP) is 1.87. The number of halogens is 2. The monoisotopic (exact) mass is 243 g/mol. The highest BCUT2D eigenvalue weighted by Crippen LogP contribution is 2.28. The van der Waals surface area contributed by atoms with Gasteiger partial charge in [0.05, 0.1) is 10.7 Å². The number of rotatable bonds is 1. The van der Waals surface area contributed by atoms with Crippen LogP contribution in [-0.2, 0) is 4.79 Å². The third kappa shape index (κ3) is 2.22. The number of benzene rings is 1. The molecule has 0 saturated carbocycles. The van der Waals surface area contributed by atoms with Crippen molar-refractivity contribution in [1.82, 2.24) is 5.43 Å². The van der Waals surface area contributed by atoms with Crippen molar-refractivity contribution in [2.24, 2.45) is 5.10 Å². The van der Waals surface area contributed by atoms with Crippen LogP contribution in [0.25, 0.3) is 0 Å². The first-order valence-corrected chi connectivity index (χ1v) is 4.96. The maximum Gasteiger partial charge on any atom is 0.260 e. The lowest BCUT2D eigenvalue weighted by Crippen LogP contribution is -2.39. The predicted molar refractivity (Wildman–Crippen MR) is 60.4 cm³/mol. The van der Waals surface area contributed by atoms with E-state index in [9.17, 15) is 4.79 Å². The fourth-order valence-electron chi connectivity index (χ4n) is 1.26. The van der Waals surface area contributed by atoms with Gasteiger partial charge < -0.3 is 4.90 Å². The lowest BCUT2D eigenvalue weighted by Gasteiger charge is -2.22. The molecule has 1 aromatic rings. The molecule has 1 N–H and O–H groups in total. The van der Waals surface area contributed by atoms with Crippen molar-refractivity contribution < 1.29 is 4.79 Å². The number of carbonyl (C=O) groups is 1. The summed E-state index contributed by atoms with van der Waals surface area (Å²) in [7, 11) is 0. The van der Waals surface area contributed by atoms with Crippen molar-refractivity contribution in [2.75, 3.05) is 11.4 Å². The first-order chi connectivity index (χ1) is 7.16. The van der Waals surface area contributed by atoms with Crippen LogP contribution >= 0.6 is 23.2 Å². The number of nitrogens with zero attached hydrogens (tertiary/aromatic N) is 2. The minimum Gasteiger partial charge on any atom is -0.320 e. The number of anilines is 1. The smallest absolute Gasteiger partial charge is 0.260 e. The largest absolute Gasteiger partial charge is 0.320 e. The van der Waals surface area contributed by atoms with Gasteiger partial charge in [-0.2, -0.15) is 5.10 Å². The molecule has 0 radical (unpaired) electrons. The van der Waals surface area contributed by atoms with Crippen LogP contribution in [0.15, 0.2) is 23.3 Å². The molecule has 1 amide bonds. The molecule has 4 nitrogen and oxygen atoms in total. The average molecular weight is 244 g/mol. The summed E-state index contributed by atoms with van der Waals surface area (Å²) in [5.41, 5.74) is 3.04. The van der Waals surface area contributed by atoms with E-state index >= 15 is 0 Å². The molecule has 0 bridgehead atoms. The Morgan fingerprint density at radius 3 is 2.87 bits per heavy atom. The van der Waals surface area contributed by atoms with Crippen molar-refractivity contribution >= 4 is 41.1 Å². The number of hydrogen-bond acceptors (Lipinski definition) is 3. The van der Waals surface area contributed by atoms with E-state index in [1.165, 1.54) is 6.34 Å². The molecule has 1 heterocycles. The van der Waals surface area contributed by atoms with E-state index in [1.807, 2.05) is 0 Å². The zero-order valence-corrected chi connectivity index (χ0v) is 9.09. The van der Waals surface area contributed by atoms with Gasteiger partial charge >= 0.3 is 0 Å². The molecule has 2 rings (SSSR count). The second-order valence-electron chi connectivity index (χ2n) is 3.00. The van der Waals surface area contributed by atoms with E-state index in [0.29, 0.717) is 15.7 Å². The number of carbonyl (C=O) groups excluding carboxylic acids is 1. The molecule has 78 valence electrons. The maximum absolute atomic E-state index is 11.1. The first kappa shape index (κ1) is 10.3. The highest BCUT2D eigenvalue weighted by atomic mass is 35.5. The van der Waals surface area contributed by atoms with Gasteiger partial charge in [-0.05, 0) is 18.2 Å². The minimum absolute atomic E-state index is 0.177. The topological polar surface area (TPSA) is 44.7 Å². The zero-order chi connectivity index (χ0) is 10.8. The Bertz CT molecular complexity index is 433. The average Bonchev–Trinajstić information content (AvgIpc) is 2.17. The molecule has 1 aliphatic heterocycles. The molecule has 0 aromatic heterocycles. The standard InChI is InChI=1S/C9H7Cl2N3O/c10-6-1-2-8(7(11)3-6)14-4-9(15)13-12-5-14/h1-3,5H,4H2,(H,13,15). The van der Waals surface area contributed by atoms with Gasteiger partial charge in [0.1, 0.15) is 12.9 Å². The summed E-state index contributed by atoms with van der Waals surface area (Å²) in [5, 5.41) is 4.74. The fourth-order valence-corrected chi connectivity index (χ4v) is 1.78. The summed E-state index contributed by atoms with van der Waals surface area (Å²) in [4.78, 5) is 12.7. The zero-order valence-electron chi connectivity index (χ0n) is 7.58. The van der Waals surface area contributed by atoms with Gasteiger partial charge in [-0.1, -0.05) is 23.2 Å². The van der Waals surface area contributed by atoms with E-state index in [4.69, 9.17) is 23.2 Å². The number of nitrogens with one attached hydrogen (secondary N) is 1. The molecular weight excluding hydrogens is 237 g/mol. The Balaban J connectivity index is 2.33. The Morgan fingerprint density at radius 1 is 1.40 bits per heavy atom. The minimum atomic E-state index is -0.177. The van der Waals surface area contributed by atoms with E-state index in [2.05, 4.69) is 10.5 Å². The summed E-state index contributed by atoms with van der Waals surface area (Å²) in [6.45, 7) is 0.199. The van der Waals surface area contributed by atoms with Crippen molar-refractivity contribution in [3.05, 3.63) is 28.2 Å². The molecule has 15 heavy (non-hydrogen) atoms. The van der Waals surface area contributed by atoms with E-state index < -0.39 is 0 Å². The molecule has 0 aliphatic carbocycles. The first-order valence-electron chi connectivity index (χ1n) is 4.20. The molecular formula is C9H7Cl2N3O. The number of amides is 1. The van der Waals surface area contributed by atoms with Gasteiger partial charge in [0.25, 0.3) is 5.91 Å². The third-order valence-electron chi connectivity index (χ3n) is 1.92. The van der Waals surface area contributed by atoms with Crippen LogP contribution in [-0.4, -0.2) is 18.8 Å². The highest BCUT2D eigenvalue weighted by Gasteiger charge is 2.15. The van der Waals surface area contributed by atoms with Crippen LogP contribution in [0.2, 0.25) is 10.0 Å². The number of hydrazone groups is 1. The van der Waals surface area contributed by atoms with Crippen LogP contribution in [0.4, 0.5) is 5.69 Å². The van der Waals surface area contributed by atoms with E-state index in [-0.39, 0.29) is 12.5 Å². The van der Waals surface area contributed by atoms with Gasteiger partial charge in [0.2, 0.25) is 0 Å². The van der Waals surface area contributed by atoms with E-state index in [0.717, 1.165) is 0 Å². The van der Waals surface area contributed by atoms with Crippen molar-refractivity contribution in [3.8, 4) is 0 Å². The summed E-state index contributed by atoms with van der Waals surface area (Å²) in [5.74, 6) is -0.177. The number of hydrogen-bond donors (Lipinski definition) is 1. The molecule has 0 saturated heterocycles. The van der Waals surface area contributed by atoms with Gasteiger partial charge in [-0.3, -0.25) is 4.79 Å². The second kappa shape index (κ2) is 4.08. The van der Waals surface area contributed by atoms with Crippen LogP contribution in [0.1, 0.15) is 0 Å². The summed E-state index contributed by atoms with van der Waals surface area (Å²) in [6, 6.07) is 5.08. The molecule has 0 unspecified atom stereocenters.